The Morgan fingerprint density at radius 3 is 2.80 bits per heavy atom. The molecule has 2 N–H and O–H groups in total. The van der Waals surface area contributed by atoms with E-state index in [9.17, 15) is 9.59 Å². The first-order valence-corrected chi connectivity index (χ1v) is 9.00. The van der Waals surface area contributed by atoms with E-state index in [1.807, 2.05) is 32.0 Å². The number of nitrogens with zero attached hydrogens (tertiary/aromatic N) is 2. The molecule has 0 aliphatic carbocycles. The summed E-state index contributed by atoms with van der Waals surface area (Å²) in [6.45, 7) is 3.66. The first-order chi connectivity index (χ1) is 12.0. The number of amides is 2. The minimum absolute atomic E-state index is 0.0316. The molecular weight excluding hydrogens is 360 g/mol. The summed E-state index contributed by atoms with van der Waals surface area (Å²) in [6.07, 6.45) is 1.77. The van der Waals surface area contributed by atoms with Crippen LogP contribution < -0.4 is 10.6 Å². The lowest BCUT2D eigenvalue weighted by atomic mass is 10.2. The molecule has 0 aliphatic heterocycles. The molecule has 1 aromatic carbocycles. The van der Waals surface area contributed by atoms with E-state index in [1.165, 1.54) is 11.3 Å². The molecule has 130 valence electrons. The third kappa shape index (κ3) is 3.83. The van der Waals surface area contributed by atoms with Gasteiger partial charge in [-0.25, -0.2) is 4.98 Å². The summed E-state index contributed by atoms with van der Waals surface area (Å²) in [4.78, 5) is 29.2. The Morgan fingerprint density at radius 2 is 2.08 bits per heavy atom. The van der Waals surface area contributed by atoms with Crippen LogP contribution in [-0.4, -0.2) is 33.8 Å². The molecule has 0 saturated carbocycles. The summed E-state index contributed by atoms with van der Waals surface area (Å²) < 4.78 is 1.71. The number of carbonyl (C=O) groups is 2. The van der Waals surface area contributed by atoms with Crippen molar-refractivity contribution >= 4 is 39.7 Å². The molecule has 2 aromatic heterocycles. The zero-order chi connectivity index (χ0) is 18.0. The third-order valence-electron chi connectivity index (χ3n) is 3.45. The van der Waals surface area contributed by atoms with Crippen LogP contribution in [0.3, 0.4) is 0 Å². The van der Waals surface area contributed by atoms with E-state index in [2.05, 4.69) is 15.6 Å². The molecule has 0 aliphatic rings. The van der Waals surface area contributed by atoms with Gasteiger partial charge >= 0.3 is 0 Å². The summed E-state index contributed by atoms with van der Waals surface area (Å²) in [7, 11) is 0. The maximum atomic E-state index is 12.4. The highest BCUT2D eigenvalue weighted by molar-refractivity contribution is 7.15. The fraction of sp³-hybridized carbons (Fsp3) is 0.235. The van der Waals surface area contributed by atoms with Crippen LogP contribution in [0.4, 0.5) is 0 Å². The molecule has 2 heterocycles. The van der Waals surface area contributed by atoms with Crippen LogP contribution in [0, 0.1) is 0 Å². The van der Waals surface area contributed by atoms with Gasteiger partial charge < -0.3 is 10.6 Å². The predicted molar refractivity (Wildman–Crippen MR) is 99.1 cm³/mol. The molecule has 8 heteroatoms. The molecule has 2 amide bonds. The number of imidazole rings is 1. The molecule has 0 saturated heterocycles. The van der Waals surface area contributed by atoms with E-state index in [4.69, 9.17) is 11.6 Å². The van der Waals surface area contributed by atoms with Crippen molar-refractivity contribution in [1.29, 1.82) is 0 Å². The maximum absolute atomic E-state index is 12.4. The summed E-state index contributed by atoms with van der Waals surface area (Å²) in [5, 5.41) is 7.67. The van der Waals surface area contributed by atoms with Crippen LogP contribution in [0.5, 0.6) is 0 Å². The number of hydrogen-bond donors (Lipinski definition) is 2. The number of carbonyl (C=O) groups excluding carboxylic acids is 2. The molecule has 0 radical (unpaired) electrons. The Balaban J connectivity index is 1.80. The normalized spacial score (nSPS) is 11.0. The van der Waals surface area contributed by atoms with Gasteiger partial charge in [0.15, 0.2) is 4.96 Å². The standard InChI is InChI=1S/C17H17ClN4O2S/c1-10(2)20-15(23)7-19-16(24)14-9-25-17-21-13(8-22(14)17)11-5-3-4-6-12(11)18/h3-6,8-10H,7H2,1-2H3,(H,19,24)(H,20,23). The van der Waals surface area contributed by atoms with Crippen LogP contribution in [0.15, 0.2) is 35.8 Å². The number of halogens is 1. The quantitative estimate of drug-likeness (QED) is 0.718. The predicted octanol–water partition coefficient (Wildman–Crippen LogP) is 2.97. The second-order valence-electron chi connectivity index (χ2n) is 5.78. The Labute approximate surface area is 153 Å². The van der Waals surface area contributed by atoms with Crippen molar-refractivity contribution in [3.8, 4) is 11.3 Å². The summed E-state index contributed by atoms with van der Waals surface area (Å²) in [5.41, 5.74) is 1.94. The number of thiazole rings is 1. The number of hydrogen-bond acceptors (Lipinski definition) is 4. The fourth-order valence-electron chi connectivity index (χ4n) is 2.37. The molecule has 6 nitrogen and oxygen atoms in total. The van der Waals surface area contributed by atoms with Gasteiger partial charge in [0, 0.05) is 23.2 Å². The fourth-order valence-corrected chi connectivity index (χ4v) is 3.46. The number of nitrogens with one attached hydrogen (secondary N) is 2. The minimum atomic E-state index is -0.326. The van der Waals surface area contributed by atoms with Gasteiger partial charge in [0.05, 0.1) is 17.3 Å². The third-order valence-corrected chi connectivity index (χ3v) is 4.62. The van der Waals surface area contributed by atoms with Crippen LogP contribution in [-0.2, 0) is 4.79 Å². The lowest BCUT2D eigenvalue weighted by molar-refractivity contribution is -0.120. The molecule has 25 heavy (non-hydrogen) atoms. The summed E-state index contributed by atoms with van der Waals surface area (Å²) in [5.74, 6) is -0.550. The van der Waals surface area contributed by atoms with Gasteiger partial charge in [-0.1, -0.05) is 29.8 Å². The Morgan fingerprint density at radius 1 is 1.32 bits per heavy atom. The van der Waals surface area contributed by atoms with Gasteiger partial charge in [-0.05, 0) is 19.9 Å². The average molecular weight is 377 g/mol. The van der Waals surface area contributed by atoms with Gasteiger partial charge in [0.25, 0.3) is 5.91 Å². The highest BCUT2D eigenvalue weighted by Gasteiger charge is 2.17. The minimum Gasteiger partial charge on any atom is -0.352 e. The lowest BCUT2D eigenvalue weighted by Crippen LogP contribution is -2.40. The van der Waals surface area contributed by atoms with Crippen LogP contribution in [0.25, 0.3) is 16.2 Å². The van der Waals surface area contributed by atoms with Crippen molar-refractivity contribution in [2.24, 2.45) is 0 Å². The van der Waals surface area contributed by atoms with E-state index in [-0.39, 0.29) is 24.4 Å². The molecule has 0 atom stereocenters. The Kier molecular flexibility index (Phi) is 5.06. The van der Waals surface area contributed by atoms with Gasteiger partial charge in [0.2, 0.25) is 5.91 Å². The smallest absolute Gasteiger partial charge is 0.269 e. The second kappa shape index (κ2) is 7.25. The van der Waals surface area contributed by atoms with Crippen molar-refractivity contribution in [2.75, 3.05) is 6.54 Å². The van der Waals surface area contributed by atoms with Crippen LogP contribution in [0.2, 0.25) is 5.02 Å². The molecule has 0 spiro atoms. The van der Waals surface area contributed by atoms with Gasteiger partial charge in [-0.15, -0.1) is 11.3 Å². The van der Waals surface area contributed by atoms with E-state index in [0.29, 0.717) is 21.4 Å². The second-order valence-corrected chi connectivity index (χ2v) is 7.03. The largest absolute Gasteiger partial charge is 0.352 e. The van der Waals surface area contributed by atoms with Gasteiger partial charge in [0.1, 0.15) is 5.69 Å². The Bertz CT molecular complexity index is 932. The first-order valence-electron chi connectivity index (χ1n) is 7.74. The summed E-state index contributed by atoms with van der Waals surface area (Å²) >= 11 is 7.57. The topological polar surface area (TPSA) is 75.5 Å². The number of fused-ring (bicyclic) bond motifs is 1. The maximum Gasteiger partial charge on any atom is 0.269 e. The average Bonchev–Trinajstić information content (AvgIpc) is 3.12. The van der Waals surface area contributed by atoms with Crippen molar-refractivity contribution in [3.63, 3.8) is 0 Å². The van der Waals surface area contributed by atoms with Crippen LogP contribution in [0.1, 0.15) is 24.3 Å². The van der Waals surface area contributed by atoms with E-state index in [0.717, 1.165) is 5.56 Å². The summed E-state index contributed by atoms with van der Waals surface area (Å²) in [6, 6.07) is 7.45. The van der Waals surface area contributed by atoms with Gasteiger partial charge in [-0.2, -0.15) is 0 Å². The molecule has 0 fully saturated rings. The van der Waals surface area contributed by atoms with Crippen LogP contribution >= 0.6 is 22.9 Å². The molecular formula is C17H17ClN4O2S. The number of benzene rings is 1. The van der Waals surface area contributed by atoms with Crippen molar-refractivity contribution in [1.82, 2.24) is 20.0 Å². The Hall–Kier alpha value is -2.38. The molecule has 0 bridgehead atoms. The first kappa shape index (κ1) is 17.4. The van der Waals surface area contributed by atoms with E-state index >= 15 is 0 Å². The molecule has 0 unspecified atom stereocenters. The number of aromatic nitrogens is 2. The van der Waals surface area contributed by atoms with E-state index < -0.39 is 0 Å². The van der Waals surface area contributed by atoms with Crippen molar-refractivity contribution in [2.45, 2.75) is 19.9 Å². The monoisotopic (exact) mass is 376 g/mol. The molecule has 3 aromatic rings. The SMILES string of the molecule is CC(C)NC(=O)CNC(=O)c1csc2nc(-c3ccccc3Cl)cn12. The zero-order valence-corrected chi connectivity index (χ0v) is 15.3. The lowest BCUT2D eigenvalue weighted by Gasteiger charge is -2.08. The van der Waals surface area contributed by atoms with Gasteiger partial charge in [-0.3, -0.25) is 14.0 Å². The number of rotatable bonds is 5. The van der Waals surface area contributed by atoms with Crippen molar-refractivity contribution in [3.05, 3.63) is 46.6 Å². The highest BCUT2D eigenvalue weighted by Crippen LogP contribution is 2.28. The van der Waals surface area contributed by atoms with Crippen molar-refractivity contribution < 1.29 is 9.59 Å². The molecule has 3 rings (SSSR count). The van der Waals surface area contributed by atoms with E-state index in [1.54, 1.807) is 22.0 Å². The zero-order valence-electron chi connectivity index (χ0n) is 13.7. The highest BCUT2D eigenvalue weighted by atomic mass is 35.5.